The number of benzene rings is 1. The van der Waals surface area contributed by atoms with E-state index in [1.54, 1.807) is 0 Å². The second kappa shape index (κ2) is 7.00. The molecule has 0 bridgehead atoms. The molecule has 0 spiro atoms. The largest absolute Gasteiger partial charge is 0.246 e. The molecule has 0 aliphatic heterocycles. The van der Waals surface area contributed by atoms with E-state index in [1.165, 1.54) is 25.6 Å². The normalized spacial score (nSPS) is 12.6. The van der Waals surface area contributed by atoms with Gasteiger partial charge in [0.05, 0.1) is 10.7 Å². The van der Waals surface area contributed by atoms with Crippen molar-refractivity contribution in [3.05, 3.63) is 49.9 Å². The lowest BCUT2D eigenvalue weighted by Crippen LogP contribution is -2.10. The SMILES string of the molecule is Cc1nc(CC(CBr)Cc2ccccc2Br)sc1C. The van der Waals surface area contributed by atoms with Crippen LogP contribution >= 0.6 is 43.2 Å². The Morgan fingerprint density at radius 1 is 1.21 bits per heavy atom. The summed E-state index contributed by atoms with van der Waals surface area (Å²) in [6, 6.07) is 8.46. The van der Waals surface area contributed by atoms with Crippen LogP contribution in [0.5, 0.6) is 0 Å². The number of alkyl halides is 1. The van der Waals surface area contributed by atoms with Crippen LogP contribution in [0, 0.1) is 19.8 Å². The Balaban J connectivity index is 2.07. The smallest absolute Gasteiger partial charge is 0.0934 e. The van der Waals surface area contributed by atoms with Crippen molar-refractivity contribution < 1.29 is 0 Å². The van der Waals surface area contributed by atoms with Gasteiger partial charge in [0, 0.05) is 21.1 Å². The van der Waals surface area contributed by atoms with Crippen molar-refractivity contribution in [1.82, 2.24) is 4.98 Å². The highest BCUT2D eigenvalue weighted by Crippen LogP contribution is 2.25. The van der Waals surface area contributed by atoms with Gasteiger partial charge in [0.2, 0.25) is 0 Å². The monoisotopic (exact) mass is 401 g/mol. The van der Waals surface area contributed by atoms with Crippen LogP contribution in [0.3, 0.4) is 0 Å². The molecular weight excluding hydrogens is 386 g/mol. The molecule has 1 nitrogen and oxygen atoms in total. The number of nitrogens with zero attached hydrogens (tertiary/aromatic N) is 1. The van der Waals surface area contributed by atoms with E-state index in [0.717, 1.165) is 18.2 Å². The zero-order chi connectivity index (χ0) is 13.8. The minimum Gasteiger partial charge on any atom is -0.246 e. The number of hydrogen-bond acceptors (Lipinski definition) is 2. The predicted molar refractivity (Wildman–Crippen MR) is 90.4 cm³/mol. The van der Waals surface area contributed by atoms with E-state index in [4.69, 9.17) is 0 Å². The summed E-state index contributed by atoms with van der Waals surface area (Å²) in [5, 5.41) is 2.26. The molecule has 0 aliphatic rings. The predicted octanol–water partition coefficient (Wildman–Crippen LogP) is 5.32. The highest BCUT2D eigenvalue weighted by molar-refractivity contribution is 9.10. The number of hydrogen-bond donors (Lipinski definition) is 0. The lowest BCUT2D eigenvalue weighted by Gasteiger charge is -2.13. The van der Waals surface area contributed by atoms with Gasteiger partial charge in [-0.1, -0.05) is 50.1 Å². The quantitative estimate of drug-likeness (QED) is 0.616. The average Bonchev–Trinajstić information content (AvgIpc) is 2.70. The summed E-state index contributed by atoms with van der Waals surface area (Å²) in [5.41, 5.74) is 2.55. The van der Waals surface area contributed by atoms with E-state index < -0.39 is 0 Å². The fourth-order valence-corrected chi connectivity index (χ4v) is 3.98. The number of aromatic nitrogens is 1. The van der Waals surface area contributed by atoms with Crippen molar-refractivity contribution in [1.29, 1.82) is 0 Å². The first-order chi connectivity index (χ1) is 9.10. The minimum absolute atomic E-state index is 0.587. The molecule has 0 amide bonds. The van der Waals surface area contributed by atoms with E-state index in [1.807, 2.05) is 11.3 Å². The Morgan fingerprint density at radius 2 is 1.95 bits per heavy atom. The van der Waals surface area contributed by atoms with E-state index in [9.17, 15) is 0 Å². The first-order valence-corrected chi connectivity index (χ1v) is 9.05. The van der Waals surface area contributed by atoms with Gasteiger partial charge in [0.1, 0.15) is 0 Å². The molecule has 0 radical (unpaired) electrons. The highest BCUT2D eigenvalue weighted by Gasteiger charge is 2.14. The van der Waals surface area contributed by atoms with Gasteiger partial charge in [0.15, 0.2) is 0 Å². The van der Waals surface area contributed by atoms with E-state index in [2.05, 4.69) is 75.0 Å². The van der Waals surface area contributed by atoms with Gasteiger partial charge in [-0.2, -0.15) is 0 Å². The third-order valence-electron chi connectivity index (χ3n) is 3.22. The molecule has 1 aromatic carbocycles. The first-order valence-electron chi connectivity index (χ1n) is 6.32. The maximum absolute atomic E-state index is 4.65. The standard InChI is InChI=1S/C15H17Br2NS/c1-10-11(2)19-15(18-10)8-12(9-16)7-13-5-3-4-6-14(13)17/h3-6,12H,7-9H2,1-2H3. The van der Waals surface area contributed by atoms with Crippen LogP contribution in [-0.4, -0.2) is 10.3 Å². The van der Waals surface area contributed by atoms with Crippen LogP contribution in [-0.2, 0) is 12.8 Å². The zero-order valence-corrected chi connectivity index (χ0v) is 15.1. The second-order valence-corrected chi connectivity index (χ2v) is 7.56. The molecule has 1 unspecified atom stereocenters. The first kappa shape index (κ1) is 15.2. The Bertz CT molecular complexity index is 531. The molecule has 4 heteroatoms. The van der Waals surface area contributed by atoms with Gasteiger partial charge in [-0.05, 0) is 37.8 Å². The van der Waals surface area contributed by atoms with Crippen molar-refractivity contribution >= 4 is 43.2 Å². The number of halogens is 2. The summed E-state index contributed by atoms with van der Waals surface area (Å²) < 4.78 is 1.20. The molecule has 0 saturated carbocycles. The van der Waals surface area contributed by atoms with Crippen LogP contribution in [0.15, 0.2) is 28.7 Å². The second-order valence-electron chi connectivity index (χ2n) is 4.77. The molecule has 0 N–H and O–H groups in total. The Hall–Kier alpha value is -0.190. The van der Waals surface area contributed by atoms with Gasteiger partial charge in [0.25, 0.3) is 0 Å². The summed E-state index contributed by atoms with van der Waals surface area (Å²) in [6.07, 6.45) is 2.12. The molecule has 0 aliphatic carbocycles. The van der Waals surface area contributed by atoms with E-state index >= 15 is 0 Å². The van der Waals surface area contributed by atoms with Gasteiger partial charge < -0.3 is 0 Å². The maximum atomic E-state index is 4.65. The molecule has 2 rings (SSSR count). The van der Waals surface area contributed by atoms with Crippen molar-refractivity contribution in [2.45, 2.75) is 26.7 Å². The van der Waals surface area contributed by atoms with Crippen LogP contribution in [0.1, 0.15) is 21.1 Å². The molecule has 19 heavy (non-hydrogen) atoms. The molecule has 1 atom stereocenters. The summed E-state index contributed by atoms with van der Waals surface area (Å²) in [4.78, 5) is 5.99. The summed E-state index contributed by atoms with van der Waals surface area (Å²) in [7, 11) is 0. The third kappa shape index (κ3) is 4.14. The van der Waals surface area contributed by atoms with Gasteiger partial charge in [-0.15, -0.1) is 11.3 Å². The molecule has 102 valence electrons. The number of rotatable bonds is 5. The molecule has 2 aromatic rings. The number of aryl methyl sites for hydroxylation is 2. The Kier molecular flexibility index (Phi) is 5.60. The van der Waals surface area contributed by atoms with Gasteiger partial charge in [-0.25, -0.2) is 4.98 Å². The Morgan fingerprint density at radius 3 is 2.53 bits per heavy atom. The zero-order valence-electron chi connectivity index (χ0n) is 11.1. The molecule has 0 fully saturated rings. The van der Waals surface area contributed by atoms with Crippen molar-refractivity contribution in [2.75, 3.05) is 5.33 Å². The fourth-order valence-electron chi connectivity index (χ4n) is 2.03. The van der Waals surface area contributed by atoms with Crippen LogP contribution in [0.25, 0.3) is 0 Å². The summed E-state index contributed by atoms with van der Waals surface area (Å²) in [6.45, 7) is 4.24. The van der Waals surface area contributed by atoms with E-state index in [-0.39, 0.29) is 0 Å². The van der Waals surface area contributed by atoms with Crippen LogP contribution in [0.4, 0.5) is 0 Å². The Labute approximate surface area is 135 Å². The van der Waals surface area contributed by atoms with E-state index in [0.29, 0.717) is 5.92 Å². The number of thiazole rings is 1. The van der Waals surface area contributed by atoms with Crippen LogP contribution < -0.4 is 0 Å². The fraction of sp³-hybridized carbons (Fsp3) is 0.400. The van der Waals surface area contributed by atoms with Gasteiger partial charge in [-0.3, -0.25) is 0 Å². The van der Waals surface area contributed by atoms with Crippen LogP contribution in [0.2, 0.25) is 0 Å². The van der Waals surface area contributed by atoms with Gasteiger partial charge >= 0.3 is 0 Å². The topological polar surface area (TPSA) is 12.9 Å². The lowest BCUT2D eigenvalue weighted by molar-refractivity contribution is 0.587. The molecule has 0 saturated heterocycles. The molecule has 1 heterocycles. The highest BCUT2D eigenvalue weighted by atomic mass is 79.9. The van der Waals surface area contributed by atoms with Crippen molar-refractivity contribution in [3.63, 3.8) is 0 Å². The average molecular weight is 403 g/mol. The molecule has 1 aromatic heterocycles. The summed E-state index contributed by atoms with van der Waals surface area (Å²) >= 11 is 9.10. The summed E-state index contributed by atoms with van der Waals surface area (Å²) in [5.74, 6) is 0.587. The minimum atomic E-state index is 0.587. The van der Waals surface area contributed by atoms with Crippen molar-refractivity contribution in [3.8, 4) is 0 Å². The maximum Gasteiger partial charge on any atom is 0.0934 e. The third-order valence-corrected chi connectivity index (χ3v) is 6.01. The van der Waals surface area contributed by atoms with Crippen molar-refractivity contribution in [2.24, 2.45) is 5.92 Å². The molecular formula is C15H17Br2NS. The lowest BCUT2D eigenvalue weighted by atomic mass is 9.98.